The lowest BCUT2D eigenvalue weighted by Gasteiger charge is -2.43. The summed E-state index contributed by atoms with van der Waals surface area (Å²) in [5.41, 5.74) is 15.1. The number of nitrogens with zero attached hydrogens (tertiary/aromatic N) is 6. The van der Waals surface area contributed by atoms with E-state index in [1.54, 1.807) is 11.2 Å². The van der Waals surface area contributed by atoms with Gasteiger partial charge in [-0.25, -0.2) is 19.7 Å². The van der Waals surface area contributed by atoms with Gasteiger partial charge < -0.3 is 30.6 Å². The summed E-state index contributed by atoms with van der Waals surface area (Å²) >= 11 is 0. The van der Waals surface area contributed by atoms with Crippen molar-refractivity contribution in [3.8, 4) is 0 Å². The molecule has 2 aromatic heterocycles. The summed E-state index contributed by atoms with van der Waals surface area (Å²) in [6, 6.07) is 8.09. The first-order valence-corrected chi connectivity index (χ1v) is 14.6. The molecule has 0 spiro atoms. The van der Waals surface area contributed by atoms with Crippen LogP contribution in [0.2, 0.25) is 0 Å². The molecule has 42 heavy (non-hydrogen) atoms. The number of imidazole rings is 1. The van der Waals surface area contributed by atoms with Crippen molar-refractivity contribution in [2.24, 2.45) is 11.7 Å². The van der Waals surface area contributed by atoms with E-state index in [1.165, 1.54) is 11.9 Å². The minimum absolute atomic E-state index is 0.0469. The van der Waals surface area contributed by atoms with E-state index in [0.717, 1.165) is 18.5 Å². The Morgan fingerprint density at radius 2 is 1.76 bits per heavy atom. The van der Waals surface area contributed by atoms with E-state index in [0.29, 0.717) is 42.0 Å². The van der Waals surface area contributed by atoms with Crippen LogP contribution in [0.3, 0.4) is 0 Å². The van der Waals surface area contributed by atoms with Crippen LogP contribution in [0.5, 0.6) is 0 Å². The number of hydrogen-bond donors (Lipinski definition) is 2. The molecule has 1 aliphatic carbocycles. The number of nitrogen functional groups attached to an aromatic ring is 1. The first kappa shape index (κ1) is 28.8. The fourth-order valence-corrected chi connectivity index (χ4v) is 6.45. The Kier molecular flexibility index (Phi) is 7.16. The van der Waals surface area contributed by atoms with Gasteiger partial charge in [-0.2, -0.15) is 0 Å². The van der Waals surface area contributed by atoms with Crippen LogP contribution in [0, 0.1) is 5.92 Å². The predicted molar refractivity (Wildman–Crippen MR) is 159 cm³/mol. The number of nitrogens with two attached hydrogens (primary N) is 2. The van der Waals surface area contributed by atoms with E-state index in [1.807, 2.05) is 30.5 Å². The summed E-state index contributed by atoms with van der Waals surface area (Å²) in [6.45, 7) is 11.6. The summed E-state index contributed by atoms with van der Waals surface area (Å²) in [6.07, 6.45) is 3.79. The maximum atomic E-state index is 12.4. The lowest BCUT2D eigenvalue weighted by Crippen LogP contribution is -2.51. The number of rotatable bonds is 7. The molecule has 1 saturated carbocycles. The molecule has 226 valence electrons. The fraction of sp³-hybridized carbons (Fsp3) is 0.600. The van der Waals surface area contributed by atoms with Crippen molar-refractivity contribution in [1.82, 2.24) is 24.4 Å². The fourth-order valence-electron chi connectivity index (χ4n) is 6.45. The molecule has 6 rings (SSSR count). The molecule has 2 aliphatic heterocycles. The van der Waals surface area contributed by atoms with E-state index in [-0.39, 0.29) is 23.7 Å². The van der Waals surface area contributed by atoms with Gasteiger partial charge in [0.05, 0.1) is 6.33 Å². The van der Waals surface area contributed by atoms with Crippen molar-refractivity contribution in [2.75, 3.05) is 30.8 Å². The van der Waals surface area contributed by atoms with E-state index >= 15 is 0 Å². The Bertz CT molecular complexity index is 1450. The van der Waals surface area contributed by atoms with Gasteiger partial charge in [0.1, 0.15) is 30.2 Å². The second-order valence-corrected chi connectivity index (χ2v) is 13.4. The molecule has 12 nitrogen and oxygen atoms in total. The third-order valence-electron chi connectivity index (χ3n) is 8.84. The molecular formula is C30H42N8O4. The van der Waals surface area contributed by atoms with E-state index in [2.05, 4.69) is 59.8 Å². The minimum Gasteiger partial charge on any atom is -0.382 e. The number of fused-ring (bicyclic) bond motifs is 2. The molecule has 4 heterocycles. The number of likely N-dealkylation sites (N-methyl/N-ethyl adjacent to an activating group) is 1. The first-order valence-electron chi connectivity index (χ1n) is 14.6. The predicted octanol–water partition coefficient (Wildman–Crippen LogP) is 3.42. The van der Waals surface area contributed by atoms with Crippen LogP contribution in [-0.4, -0.2) is 80.7 Å². The lowest BCUT2D eigenvalue weighted by atomic mass is 9.79. The molecule has 2 saturated heterocycles. The van der Waals surface area contributed by atoms with Crippen molar-refractivity contribution in [2.45, 2.75) is 89.2 Å². The highest BCUT2D eigenvalue weighted by Gasteiger charge is 2.56. The Morgan fingerprint density at radius 1 is 1.07 bits per heavy atom. The second-order valence-electron chi connectivity index (χ2n) is 13.4. The number of primary amides is 1. The quantitative estimate of drug-likeness (QED) is 0.430. The zero-order valence-corrected chi connectivity index (χ0v) is 25.2. The zero-order valence-electron chi connectivity index (χ0n) is 25.2. The molecule has 12 heteroatoms. The largest absolute Gasteiger partial charge is 0.382 e. The molecule has 1 aromatic carbocycles. The Labute approximate surface area is 246 Å². The molecule has 3 aromatic rings. The molecule has 2 amide bonds. The number of carbonyl (C=O) groups is 1. The van der Waals surface area contributed by atoms with E-state index in [4.69, 9.17) is 25.7 Å². The van der Waals surface area contributed by atoms with E-state index < -0.39 is 18.0 Å². The van der Waals surface area contributed by atoms with Gasteiger partial charge in [0.25, 0.3) is 0 Å². The number of hydrogen-bond acceptors (Lipinski definition) is 9. The summed E-state index contributed by atoms with van der Waals surface area (Å²) in [5.74, 6) is -0.0433. The van der Waals surface area contributed by atoms with Gasteiger partial charge in [-0.1, -0.05) is 32.9 Å². The second kappa shape index (κ2) is 10.4. The standard InChI is InChI=1S/C30H42N8O4/c1-29(2,3)18-7-9-19(10-8-18)37(28(32)39)13-17-11-20(12-17)36(6)14-21-23-24(42-30(4,5)41-23)27(40-21)38-16-35-22-25(31)33-15-34-26(22)38/h7-10,15-17,20-21,23-24,27H,11-14H2,1-6H3,(H2,32,39)(H2,31,33,34)/t17?,20?,21-,23-,24-,27-/m1/s1. The van der Waals surface area contributed by atoms with Gasteiger partial charge in [-0.05, 0) is 62.8 Å². The molecular weight excluding hydrogens is 536 g/mol. The van der Waals surface area contributed by atoms with Crippen LogP contribution in [0.4, 0.5) is 16.3 Å². The molecule has 0 bridgehead atoms. The number of anilines is 2. The molecule has 4 N–H and O–H groups in total. The van der Waals surface area contributed by atoms with Crippen molar-refractivity contribution in [1.29, 1.82) is 0 Å². The van der Waals surface area contributed by atoms with Crippen LogP contribution in [0.1, 0.15) is 59.3 Å². The summed E-state index contributed by atoms with van der Waals surface area (Å²) in [5, 5.41) is 0. The highest BCUT2D eigenvalue weighted by atomic mass is 16.8. The number of carbonyl (C=O) groups excluding carboxylic acids is 1. The SMILES string of the molecule is CN(C[C@H]1O[C@@H](n2cnc3c(N)ncnc32)[C@@H]2OC(C)(C)O[C@@H]21)C1CC(CN(C(N)=O)c2ccc(C(C)(C)C)cc2)C1. The highest BCUT2D eigenvalue weighted by molar-refractivity contribution is 5.90. The highest BCUT2D eigenvalue weighted by Crippen LogP contribution is 2.44. The van der Waals surface area contributed by atoms with Gasteiger partial charge in [-0.3, -0.25) is 9.47 Å². The van der Waals surface area contributed by atoms with E-state index in [9.17, 15) is 4.79 Å². The average molecular weight is 579 g/mol. The van der Waals surface area contributed by atoms with Crippen LogP contribution in [0.15, 0.2) is 36.9 Å². The number of urea groups is 1. The van der Waals surface area contributed by atoms with Crippen molar-refractivity contribution < 1.29 is 19.0 Å². The van der Waals surface area contributed by atoms with Crippen LogP contribution >= 0.6 is 0 Å². The molecule has 3 aliphatic rings. The topological polar surface area (TPSA) is 147 Å². The molecule has 0 unspecified atom stereocenters. The van der Waals surface area contributed by atoms with Crippen LogP contribution < -0.4 is 16.4 Å². The lowest BCUT2D eigenvalue weighted by molar-refractivity contribution is -0.198. The molecule has 0 radical (unpaired) electrons. The summed E-state index contributed by atoms with van der Waals surface area (Å²) in [4.78, 5) is 29.3. The first-order chi connectivity index (χ1) is 19.8. The third-order valence-corrected chi connectivity index (χ3v) is 8.84. The summed E-state index contributed by atoms with van der Waals surface area (Å²) < 4.78 is 21.1. The van der Waals surface area contributed by atoms with Gasteiger partial charge in [-0.15, -0.1) is 0 Å². The number of benzene rings is 1. The average Bonchev–Trinajstić information content (AvgIpc) is 3.54. The molecule has 3 fully saturated rings. The van der Waals surface area contributed by atoms with Gasteiger partial charge in [0, 0.05) is 24.8 Å². The van der Waals surface area contributed by atoms with Crippen LogP contribution in [0.25, 0.3) is 11.2 Å². The maximum absolute atomic E-state index is 12.4. The Morgan fingerprint density at radius 3 is 2.43 bits per heavy atom. The van der Waals surface area contributed by atoms with Gasteiger partial charge >= 0.3 is 6.03 Å². The minimum atomic E-state index is -0.733. The Balaban J connectivity index is 1.10. The Hall–Kier alpha value is -3.32. The zero-order chi connectivity index (χ0) is 30.0. The van der Waals surface area contributed by atoms with Gasteiger partial charge in [0.15, 0.2) is 23.5 Å². The van der Waals surface area contributed by atoms with Crippen LogP contribution in [-0.2, 0) is 19.6 Å². The summed E-state index contributed by atoms with van der Waals surface area (Å²) in [7, 11) is 2.12. The van der Waals surface area contributed by atoms with Gasteiger partial charge in [0.2, 0.25) is 0 Å². The monoisotopic (exact) mass is 578 g/mol. The number of ether oxygens (including phenoxy) is 3. The number of aromatic nitrogens is 4. The number of amides is 2. The van der Waals surface area contributed by atoms with Crippen molar-refractivity contribution in [3.05, 3.63) is 42.5 Å². The van der Waals surface area contributed by atoms with Crippen molar-refractivity contribution in [3.63, 3.8) is 0 Å². The normalized spacial score (nSPS) is 28.6. The molecule has 4 atom stereocenters. The smallest absolute Gasteiger partial charge is 0.319 e. The third kappa shape index (κ3) is 5.32. The maximum Gasteiger partial charge on any atom is 0.319 e. The van der Waals surface area contributed by atoms with Crippen molar-refractivity contribution >= 4 is 28.7 Å².